The van der Waals surface area contributed by atoms with E-state index in [1.165, 1.54) is 6.42 Å². The van der Waals surface area contributed by atoms with Crippen molar-refractivity contribution in [1.82, 2.24) is 5.43 Å². The Morgan fingerprint density at radius 2 is 1.80 bits per heavy atom. The van der Waals surface area contributed by atoms with Gasteiger partial charge in [0.05, 0.1) is 0 Å². The van der Waals surface area contributed by atoms with E-state index in [9.17, 15) is 0 Å². The molecule has 0 heterocycles. The van der Waals surface area contributed by atoms with Crippen LogP contribution in [0.15, 0.2) is 0 Å². The molecule has 4 heteroatoms. The first-order valence-corrected chi connectivity index (χ1v) is 3.71. The number of hydrazine groups is 1. The summed E-state index contributed by atoms with van der Waals surface area (Å²) in [4.78, 5) is 0. The molecule has 5 N–H and O–H groups in total. The summed E-state index contributed by atoms with van der Waals surface area (Å²) >= 11 is 4.24. The van der Waals surface area contributed by atoms with Crippen molar-refractivity contribution in [3.05, 3.63) is 0 Å². The van der Waals surface area contributed by atoms with E-state index in [0.717, 1.165) is 5.92 Å². The van der Waals surface area contributed by atoms with E-state index in [4.69, 9.17) is 5.73 Å². The number of hydrogen-bond acceptors (Lipinski definition) is 2. The summed E-state index contributed by atoms with van der Waals surface area (Å²) in [5.41, 5.74) is 6.82. The largest absolute Gasteiger partial charge is 0.375 e. The summed E-state index contributed by atoms with van der Waals surface area (Å²) in [6, 6.07) is 0. The van der Waals surface area contributed by atoms with E-state index in [1.54, 1.807) is 0 Å². The predicted octanol–water partition coefficient (Wildman–Crippen LogP) is 0.746. The maximum Gasteiger partial charge on any atom is 0.177 e. The normalized spacial score (nSPS) is 8.10. The minimum absolute atomic E-state index is 0.116. The Kier molecular flexibility index (Phi) is 10.7. The molecule has 10 heavy (non-hydrogen) atoms. The highest BCUT2D eigenvalue weighted by Crippen LogP contribution is 1.93. The summed E-state index contributed by atoms with van der Waals surface area (Å²) in [5.74, 6) is 5.54. The molecule has 0 unspecified atom stereocenters. The van der Waals surface area contributed by atoms with Crippen molar-refractivity contribution in [3.8, 4) is 0 Å². The van der Waals surface area contributed by atoms with Crippen LogP contribution in [0.2, 0.25) is 0 Å². The van der Waals surface area contributed by atoms with E-state index >= 15 is 0 Å². The Labute approximate surface area is 68.1 Å². The summed E-state index contributed by atoms with van der Waals surface area (Å²) in [6.07, 6.45) is 1.31. The zero-order valence-corrected chi connectivity index (χ0v) is 7.66. The Bertz CT molecular complexity index is 83.1. The van der Waals surface area contributed by atoms with Crippen molar-refractivity contribution in [2.24, 2.45) is 17.5 Å². The second-order valence-electron chi connectivity index (χ2n) is 2.31. The Morgan fingerprint density at radius 3 is 1.80 bits per heavy atom. The van der Waals surface area contributed by atoms with Crippen LogP contribution in [0.4, 0.5) is 0 Å². The molecule has 0 rings (SSSR count). The van der Waals surface area contributed by atoms with Gasteiger partial charge in [-0.15, -0.1) is 0 Å². The molecule has 0 radical (unpaired) electrons. The molecular weight excluding hydrogens is 146 g/mol. The lowest BCUT2D eigenvalue weighted by atomic mass is 10.2. The first-order valence-electron chi connectivity index (χ1n) is 3.30. The fraction of sp³-hybridized carbons (Fsp3) is 0.833. The third-order valence-electron chi connectivity index (χ3n) is 0.959. The maximum atomic E-state index is 4.79. The van der Waals surface area contributed by atoms with Gasteiger partial charge in [0, 0.05) is 0 Å². The molecular formula is C6H17N3S. The van der Waals surface area contributed by atoms with Crippen molar-refractivity contribution in [2.75, 3.05) is 0 Å². The van der Waals surface area contributed by atoms with E-state index in [0.29, 0.717) is 0 Å². The lowest BCUT2D eigenvalue weighted by Crippen LogP contribution is -2.34. The smallest absolute Gasteiger partial charge is 0.177 e. The average molecular weight is 163 g/mol. The molecule has 0 aliphatic rings. The molecule has 0 spiro atoms. The zero-order chi connectivity index (χ0) is 8.57. The highest BCUT2D eigenvalue weighted by Gasteiger charge is 1.80. The number of hydrogen-bond donors (Lipinski definition) is 3. The van der Waals surface area contributed by atoms with Gasteiger partial charge in [-0.1, -0.05) is 27.2 Å². The van der Waals surface area contributed by atoms with Crippen LogP contribution in [-0.2, 0) is 0 Å². The minimum Gasteiger partial charge on any atom is -0.375 e. The highest BCUT2D eigenvalue weighted by molar-refractivity contribution is 7.80. The number of thiocarbonyl (C=S) groups is 1. The topological polar surface area (TPSA) is 64.1 Å². The fourth-order valence-electron chi connectivity index (χ4n) is 0. The zero-order valence-electron chi connectivity index (χ0n) is 6.85. The highest BCUT2D eigenvalue weighted by atomic mass is 32.1. The van der Waals surface area contributed by atoms with Gasteiger partial charge >= 0.3 is 0 Å². The van der Waals surface area contributed by atoms with Crippen molar-refractivity contribution in [1.29, 1.82) is 0 Å². The quantitative estimate of drug-likeness (QED) is 0.303. The second-order valence-corrected chi connectivity index (χ2v) is 2.75. The number of nitrogens with two attached hydrogens (primary N) is 2. The molecule has 0 aliphatic carbocycles. The van der Waals surface area contributed by atoms with E-state index in [-0.39, 0.29) is 5.11 Å². The molecule has 0 aliphatic heterocycles. The van der Waals surface area contributed by atoms with Gasteiger partial charge in [0.25, 0.3) is 0 Å². The third-order valence-corrected chi connectivity index (χ3v) is 1.08. The lowest BCUT2D eigenvalue weighted by Gasteiger charge is -1.90. The van der Waals surface area contributed by atoms with Gasteiger partial charge in [-0.05, 0) is 18.1 Å². The van der Waals surface area contributed by atoms with E-state index < -0.39 is 0 Å². The Balaban J connectivity index is 0. The van der Waals surface area contributed by atoms with Crippen molar-refractivity contribution >= 4 is 17.3 Å². The SMILES string of the molecule is CCC(C)C.NNC(N)=S. The lowest BCUT2D eigenvalue weighted by molar-refractivity contribution is 0.626. The Morgan fingerprint density at radius 1 is 1.60 bits per heavy atom. The standard InChI is InChI=1S/C5H12.CH5N3S/c1-4-5(2)3;2-1(5)4-3/h5H,4H2,1-3H3;3H2,(H3,2,4,5). The molecule has 0 aromatic carbocycles. The van der Waals surface area contributed by atoms with Crippen molar-refractivity contribution < 1.29 is 0 Å². The van der Waals surface area contributed by atoms with Crippen molar-refractivity contribution in [3.63, 3.8) is 0 Å². The van der Waals surface area contributed by atoms with E-state index in [1.807, 2.05) is 5.43 Å². The molecule has 0 fully saturated rings. The van der Waals surface area contributed by atoms with Crippen LogP contribution < -0.4 is 17.0 Å². The first-order chi connectivity index (χ1) is 4.54. The van der Waals surface area contributed by atoms with Crippen LogP contribution in [-0.4, -0.2) is 5.11 Å². The predicted molar refractivity (Wildman–Crippen MR) is 49.2 cm³/mol. The molecule has 0 aromatic heterocycles. The third kappa shape index (κ3) is 25.4. The van der Waals surface area contributed by atoms with Gasteiger partial charge in [0.1, 0.15) is 0 Å². The molecule has 3 nitrogen and oxygen atoms in total. The van der Waals surface area contributed by atoms with Gasteiger partial charge in [0.2, 0.25) is 0 Å². The number of nitrogens with one attached hydrogen (secondary N) is 1. The summed E-state index contributed by atoms with van der Waals surface area (Å²) in [7, 11) is 0. The van der Waals surface area contributed by atoms with Gasteiger partial charge in [-0.2, -0.15) is 0 Å². The van der Waals surface area contributed by atoms with Crippen LogP contribution in [0.1, 0.15) is 27.2 Å². The van der Waals surface area contributed by atoms with Gasteiger partial charge < -0.3 is 11.2 Å². The van der Waals surface area contributed by atoms with Crippen molar-refractivity contribution in [2.45, 2.75) is 27.2 Å². The molecule has 62 valence electrons. The van der Waals surface area contributed by atoms with Crippen LogP contribution in [0.25, 0.3) is 0 Å². The molecule has 0 atom stereocenters. The van der Waals surface area contributed by atoms with Gasteiger partial charge in [0.15, 0.2) is 5.11 Å². The van der Waals surface area contributed by atoms with E-state index in [2.05, 4.69) is 38.8 Å². The molecule has 0 aromatic rings. The molecule has 0 saturated carbocycles. The van der Waals surface area contributed by atoms with Crippen LogP contribution in [0.5, 0.6) is 0 Å². The minimum atomic E-state index is 0.116. The number of rotatable bonds is 1. The molecule has 0 saturated heterocycles. The van der Waals surface area contributed by atoms with Crippen LogP contribution in [0.3, 0.4) is 0 Å². The molecule has 0 amide bonds. The molecule has 0 bridgehead atoms. The van der Waals surface area contributed by atoms with Crippen LogP contribution >= 0.6 is 12.2 Å². The Hall–Kier alpha value is -0.350. The first kappa shape index (κ1) is 12.3. The summed E-state index contributed by atoms with van der Waals surface area (Å²) < 4.78 is 0. The average Bonchev–Trinajstić information content (AvgIpc) is 1.89. The van der Waals surface area contributed by atoms with Crippen LogP contribution in [0, 0.1) is 5.92 Å². The second kappa shape index (κ2) is 8.65. The van der Waals surface area contributed by atoms with Gasteiger partial charge in [-0.3, -0.25) is 0 Å². The monoisotopic (exact) mass is 163 g/mol. The van der Waals surface area contributed by atoms with Gasteiger partial charge in [-0.25, -0.2) is 5.84 Å². The summed E-state index contributed by atoms with van der Waals surface area (Å²) in [6.45, 7) is 6.64. The maximum absolute atomic E-state index is 4.79. The fourth-order valence-corrected chi connectivity index (χ4v) is 0. The summed E-state index contributed by atoms with van der Waals surface area (Å²) in [5, 5.41) is 0.116.